The fourth-order valence-corrected chi connectivity index (χ4v) is 2.81. The molecule has 0 spiro atoms. The molecule has 2 atom stereocenters. The zero-order chi connectivity index (χ0) is 14.5. The van der Waals surface area contributed by atoms with E-state index in [1.807, 2.05) is 17.9 Å². The molecule has 0 radical (unpaired) electrons. The highest BCUT2D eigenvalue weighted by molar-refractivity contribution is 5.85. The van der Waals surface area contributed by atoms with Gasteiger partial charge in [0.2, 0.25) is 5.91 Å². The Kier molecular flexibility index (Phi) is 7.12. The van der Waals surface area contributed by atoms with Crippen molar-refractivity contribution in [3.63, 3.8) is 0 Å². The van der Waals surface area contributed by atoms with Crippen molar-refractivity contribution in [1.82, 2.24) is 4.90 Å². The average molecular weight is 315 g/mol. The third kappa shape index (κ3) is 5.29. The number of nitrogens with two attached hydrogens (primary N) is 1. The molecule has 1 aromatic carbocycles. The average Bonchev–Trinajstić information content (AvgIpc) is 2.84. The van der Waals surface area contributed by atoms with Crippen LogP contribution in [0.4, 0.5) is 4.39 Å². The number of halogens is 2. The number of hydrogen-bond acceptors (Lipinski definition) is 2. The molecule has 1 heterocycles. The molecular formula is C16H24ClFN2O. The molecule has 21 heavy (non-hydrogen) atoms. The van der Waals surface area contributed by atoms with Crippen molar-refractivity contribution < 1.29 is 9.18 Å². The van der Waals surface area contributed by atoms with E-state index in [2.05, 4.69) is 0 Å². The van der Waals surface area contributed by atoms with Crippen LogP contribution in [0.2, 0.25) is 0 Å². The summed E-state index contributed by atoms with van der Waals surface area (Å²) in [6.45, 7) is 2.74. The molecule has 118 valence electrons. The summed E-state index contributed by atoms with van der Waals surface area (Å²) < 4.78 is 13.2. The summed E-state index contributed by atoms with van der Waals surface area (Å²) in [5.74, 6) is -0.0310. The maximum Gasteiger partial charge on any atom is 0.222 e. The van der Waals surface area contributed by atoms with Crippen molar-refractivity contribution >= 4 is 18.3 Å². The molecular weight excluding hydrogens is 291 g/mol. The third-order valence-corrected chi connectivity index (χ3v) is 3.87. The zero-order valence-electron chi connectivity index (χ0n) is 12.4. The summed E-state index contributed by atoms with van der Waals surface area (Å²) in [7, 11) is 0. The van der Waals surface area contributed by atoms with Crippen molar-refractivity contribution in [3.05, 3.63) is 35.6 Å². The van der Waals surface area contributed by atoms with Gasteiger partial charge in [0.1, 0.15) is 5.82 Å². The van der Waals surface area contributed by atoms with Gasteiger partial charge < -0.3 is 10.6 Å². The molecule has 1 amide bonds. The molecule has 5 heteroatoms. The van der Waals surface area contributed by atoms with Gasteiger partial charge in [0.25, 0.3) is 0 Å². The van der Waals surface area contributed by atoms with Crippen LogP contribution in [-0.2, 0) is 11.2 Å². The van der Waals surface area contributed by atoms with E-state index < -0.39 is 0 Å². The van der Waals surface area contributed by atoms with E-state index >= 15 is 0 Å². The highest BCUT2D eigenvalue weighted by atomic mass is 35.5. The van der Waals surface area contributed by atoms with Gasteiger partial charge >= 0.3 is 0 Å². The largest absolute Gasteiger partial charge is 0.339 e. The minimum Gasteiger partial charge on any atom is -0.339 e. The number of nitrogens with zero attached hydrogens (tertiary/aromatic N) is 1. The molecule has 1 aliphatic rings. The second-order valence-corrected chi connectivity index (χ2v) is 5.73. The van der Waals surface area contributed by atoms with E-state index in [0.29, 0.717) is 6.42 Å². The Labute approximate surface area is 132 Å². The topological polar surface area (TPSA) is 46.3 Å². The monoisotopic (exact) mass is 314 g/mol. The molecule has 1 fully saturated rings. The standard InChI is InChI=1S/C16H23FN2O.ClH/c1-12(18)7-8-16(20)19-9-3-6-15(19)11-13-4-2-5-14(17)10-13;/h2,4-5,10,12,15H,3,6-9,11,18H2,1H3;1H. The van der Waals surface area contributed by atoms with Gasteiger partial charge in [-0.1, -0.05) is 12.1 Å². The second-order valence-electron chi connectivity index (χ2n) is 5.73. The highest BCUT2D eigenvalue weighted by Crippen LogP contribution is 2.22. The van der Waals surface area contributed by atoms with E-state index in [4.69, 9.17) is 5.73 Å². The Morgan fingerprint density at radius 3 is 2.95 bits per heavy atom. The Morgan fingerprint density at radius 1 is 1.52 bits per heavy atom. The van der Waals surface area contributed by atoms with Gasteiger partial charge in [0, 0.05) is 25.0 Å². The van der Waals surface area contributed by atoms with Gasteiger partial charge in [-0.25, -0.2) is 4.39 Å². The molecule has 1 aromatic rings. The molecule has 0 saturated carbocycles. The predicted octanol–water partition coefficient (Wildman–Crippen LogP) is 2.91. The number of rotatable bonds is 5. The lowest BCUT2D eigenvalue weighted by atomic mass is 10.0. The van der Waals surface area contributed by atoms with Gasteiger partial charge in [0.15, 0.2) is 0 Å². The van der Waals surface area contributed by atoms with Crippen LogP contribution < -0.4 is 5.73 Å². The first-order valence-corrected chi connectivity index (χ1v) is 7.36. The molecule has 2 N–H and O–H groups in total. The lowest BCUT2D eigenvalue weighted by Crippen LogP contribution is -2.37. The van der Waals surface area contributed by atoms with Crippen LogP contribution in [0, 0.1) is 5.82 Å². The van der Waals surface area contributed by atoms with Gasteiger partial charge in [-0.15, -0.1) is 12.4 Å². The molecule has 3 nitrogen and oxygen atoms in total. The van der Waals surface area contributed by atoms with Gasteiger partial charge in [0.05, 0.1) is 0 Å². The Hall–Kier alpha value is -1.13. The van der Waals surface area contributed by atoms with E-state index in [0.717, 1.165) is 37.8 Å². The minimum atomic E-state index is -0.213. The van der Waals surface area contributed by atoms with Crippen LogP contribution >= 0.6 is 12.4 Å². The summed E-state index contributed by atoms with van der Waals surface area (Å²) >= 11 is 0. The normalized spacial score (nSPS) is 19.2. The Balaban J connectivity index is 0.00000220. The first kappa shape index (κ1) is 17.9. The molecule has 0 aromatic heterocycles. The number of benzene rings is 1. The minimum absolute atomic E-state index is 0. The first-order valence-electron chi connectivity index (χ1n) is 7.36. The number of hydrogen-bond donors (Lipinski definition) is 1. The van der Waals surface area contributed by atoms with E-state index in [-0.39, 0.29) is 36.2 Å². The highest BCUT2D eigenvalue weighted by Gasteiger charge is 2.28. The van der Waals surface area contributed by atoms with Gasteiger partial charge in [-0.05, 0) is 50.3 Å². The van der Waals surface area contributed by atoms with Crippen LogP contribution in [-0.4, -0.2) is 29.4 Å². The van der Waals surface area contributed by atoms with E-state index in [1.165, 1.54) is 6.07 Å². The van der Waals surface area contributed by atoms with Crippen LogP contribution in [0.5, 0.6) is 0 Å². The van der Waals surface area contributed by atoms with E-state index in [1.54, 1.807) is 12.1 Å². The second kappa shape index (κ2) is 8.35. The molecule has 0 aliphatic carbocycles. The number of carbonyl (C=O) groups is 1. The SMILES string of the molecule is CC(N)CCC(=O)N1CCCC1Cc1cccc(F)c1.Cl. The Morgan fingerprint density at radius 2 is 2.29 bits per heavy atom. The summed E-state index contributed by atoms with van der Waals surface area (Å²) in [6.07, 6.45) is 4.01. The fraction of sp³-hybridized carbons (Fsp3) is 0.562. The number of amides is 1. The third-order valence-electron chi connectivity index (χ3n) is 3.87. The first-order chi connectivity index (χ1) is 9.56. The van der Waals surface area contributed by atoms with Gasteiger partial charge in [-0.3, -0.25) is 4.79 Å². The molecule has 2 unspecified atom stereocenters. The van der Waals surface area contributed by atoms with Crippen LogP contribution in [0.1, 0.15) is 38.2 Å². The van der Waals surface area contributed by atoms with Gasteiger partial charge in [-0.2, -0.15) is 0 Å². The molecule has 0 bridgehead atoms. The van der Waals surface area contributed by atoms with Crippen molar-refractivity contribution in [2.24, 2.45) is 5.73 Å². The number of carbonyl (C=O) groups excluding carboxylic acids is 1. The quantitative estimate of drug-likeness (QED) is 0.908. The lowest BCUT2D eigenvalue weighted by molar-refractivity contribution is -0.132. The molecule has 1 aliphatic heterocycles. The maximum absolute atomic E-state index is 13.2. The molecule has 2 rings (SSSR count). The molecule has 1 saturated heterocycles. The summed E-state index contributed by atoms with van der Waals surface area (Å²) in [6, 6.07) is 6.92. The number of likely N-dealkylation sites (tertiary alicyclic amines) is 1. The zero-order valence-corrected chi connectivity index (χ0v) is 13.2. The van der Waals surface area contributed by atoms with Crippen molar-refractivity contribution in [2.75, 3.05) is 6.54 Å². The van der Waals surface area contributed by atoms with Crippen LogP contribution in [0.3, 0.4) is 0 Å². The maximum atomic E-state index is 13.2. The Bertz CT molecular complexity index is 467. The van der Waals surface area contributed by atoms with Crippen molar-refractivity contribution in [3.8, 4) is 0 Å². The van der Waals surface area contributed by atoms with Crippen molar-refractivity contribution in [2.45, 2.75) is 51.1 Å². The van der Waals surface area contributed by atoms with Crippen LogP contribution in [0.15, 0.2) is 24.3 Å². The lowest BCUT2D eigenvalue weighted by Gasteiger charge is -2.25. The summed E-state index contributed by atoms with van der Waals surface area (Å²) in [4.78, 5) is 14.2. The predicted molar refractivity (Wildman–Crippen MR) is 85.0 cm³/mol. The van der Waals surface area contributed by atoms with Crippen LogP contribution in [0.25, 0.3) is 0 Å². The fourth-order valence-electron chi connectivity index (χ4n) is 2.81. The smallest absolute Gasteiger partial charge is 0.222 e. The van der Waals surface area contributed by atoms with E-state index in [9.17, 15) is 9.18 Å². The summed E-state index contributed by atoms with van der Waals surface area (Å²) in [5.41, 5.74) is 6.66. The van der Waals surface area contributed by atoms with Crippen molar-refractivity contribution in [1.29, 1.82) is 0 Å². The summed E-state index contributed by atoms with van der Waals surface area (Å²) in [5, 5.41) is 0.